The van der Waals surface area contributed by atoms with Gasteiger partial charge in [0.15, 0.2) is 0 Å². The summed E-state index contributed by atoms with van der Waals surface area (Å²) in [6.07, 6.45) is 2.38. The summed E-state index contributed by atoms with van der Waals surface area (Å²) in [4.78, 5) is 34.0. The Morgan fingerprint density at radius 1 is 1.26 bits per heavy atom. The Kier molecular flexibility index (Phi) is 8.43. The first-order valence-electron chi connectivity index (χ1n) is 10.8. The molecule has 3 rings (SSSR count). The fraction of sp³-hybridized carbons (Fsp3) is 0.522. The molecular weight excluding hydrogens is 414 g/mol. The van der Waals surface area contributed by atoms with E-state index in [4.69, 9.17) is 9.47 Å². The van der Waals surface area contributed by atoms with Crippen LogP contribution in [0.25, 0.3) is 10.6 Å². The summed E-state index contributed by atoms with van der Waals surface area (Å²) in [6, 6.07) is 7.94. The Morgan fingerprint density at radius 2 is 2.03 bits per heavy atom. The van der Waals surface area contributed by atoms with Gasteiger partial charge in [-0.25, -0.2) is 4.98 Å². The first-order chi connectivity index (χ1) is 15.0. The number of benzene rings is 1. The van der Waals surface area contributed by atoms with Crippen molar-refractivity contribution in [3.8, 4) is 16.3 Å². The quantitative estimate of drug-likeness (QED) is 0.520. The van der Waals surface area contributed by atoms with Crippen LogP contribution in [0.1, 0.15) is 43.6 Å². The summed E-state index contributed by atoms with van der Waals surface area (Å²) in [5.41, 5.74) is 1.36. The predicted molar refractivity (Wildman–Crippen MR) is 122 cm³/mol. The molecule has 1 aliphatic rings. The van der Waals surface area contributed by atoms with Crippen LogP contribution < -0.4 is 4.74 Å². The minimum absolute atomic E-state index is 0.136. The average Bonchev–Trinajstić information content (AvgIpc) is 3.46. The Bertz CT molecular complexity index is 868. The average molecular weight is 446 g/mol. The van der Waals surface area contributed by atoms with Crippen molar-refractivity contribution < 1.29 is 19.1 Å². The van der Waals surface area contributed by atoms with Crippen molar-refractivity contribution in [2.24, 2.45) is 0 Å². The molecule has 1 atom stereocenters. The molecular formula is C23H31N3O4S. The van der Waals surface area contributed by atoms with Crippen LogP contribution >= 0.6 is 11.3 Å². The molecule has 1 aromatic heterocycles. The highest BCUT2D eigenvalue weighted by molar-refractivity contribution is 7.13. The number of hydrogen-bond donors (Lipinski definition) is 0. The molecule has 0 N–H and O–H groups in total. The van der Waals surface area contributed by atoms with E-state index in [2.05, 4.69) is 16.8 Å². The summed E-state index contributed by atoms with van der Waals surface area (Å²) in [5, 5.41) is 2.58. The van der Waals surface area contributed by atoms with Crippen molar-refractivity contribution in [1.82, 2.24) is 14.8 Å². The first kappa shape index (κ1) is 23.2. The van der Waals surface area contributed by atoms with Gasteiger partial charge in [0.05, 0.1) is 20.1 Å². The smallest absolute Gasteiger partial charge is 0.307 e. The van der Waals surface area contributed by atoms with Crippen LogP contribution in [0.2, 0.25) is 0 Å². The zero-order chi connectivity index (χ0) is 22.2. The van der Waals surface area contributed by atoms with E-state index < -0.39 is 0 Å². The van der Waals surface area contributed by atoms with Gasteiger partial charge in [0.1, 0.15) is 16.5 Å². The minimum Gasteiger partial charge on any atom is -0.497 e. The fourth-order valence-electron chi connectivity index (χ4n) is 3.91. The second-order valence-corrected chi connectivity index (χ2v) is 8.36. The van der Waals surface area contributed by atoms with Gasteiger partial charge in [-0.2, -0.15) is 0 Å². The molecule has 1 saturated heterocycles. The fourth-order valence-corrected chi connectivity index (χ4v) is 4.71. The summed E-state index contributed by atoms with van der Waals surface area (Å²) in [6.45, 7) is 7.22. The van der Waals surface area contributed by atoms with Gasteiger partial charge in [0.2, 0.25) is 0 Å². The lowest BCUT2D eigenvalue weighted by Gasteiger charge is -2.29. The molecule has 0 aliphatic carbocycles. The van der Waals surface area contributed by atoms with Crippen molar-refractivity contribution >= 4 is 23.2 Å². The summed E-state index contributed by atoms with van der Waals surface area (Å²) < 4.78 is 10.3. The Morgan fingerprint density at radius 3 is 2.71 bits per heavy atom. The molecule has 0 saturated carbocycles. The van der Waals surface area contributed by atoms with Gasteiger partial charge in [-0.05, 0) is 57.1 Å². The molecule has 1 aromatic carbocycles. The van der Waals surface area contributed by atoms with E-state index in [9.17, 15) is 9.59 Å². The van der Waals surface area contributed by atoms with Gasteiger partial charge in [-0.1, -0.05) is 6.92 Å². The molecule has 7 nitrogen and oxygen atoms in total. The summed E-state index contributed by atoms with van der Waals surface area (Å²) in [7, 11) is 1.63. The SMILES string of the molecule is CCOC(=O)CCN(CC1CCCN1CC)C(=O)c1csc(-c2ccc(OC)cc2)n1. The van der Waals surface area contributed by atoms with E-state index in [0.29, 0.717) is 31.4 Å². The van der Waals surface area contributed by atoms with Crippen molar-refractivity contribution in [1.29, 1.82) is 0 Å². The van der Waals surface area contributed by atoms with Gasteiger partial charge in [0, 0.05) is 30.1 Å². The summed E-state index contributed by atoms with van der Waals surface area (Å²) in [5.74, 6) is 0.360. The van der Waals surface area contributed by atoms with Crippen LogP contribution in [0.3, 0.4) is 0 Å². The minimum atomic E-state index is -0.281. The molecule has 168 valence electrons. The van der Waals surface area contributed by atoms with Crippen LogP contribution in [0.4, 0.5) is 0 Å². The van der Waals surface area contributed by atoms with Crippen molar-refractivity contribution in [2.75, 3.05) is 39.9 Å². The number of hydrogen-bond acceptors (Lipinski definition) is 7. The Hall–Kier alpha value is -2.45. The van der Waals surface area contributed by atoms with Gasteiger partial charge in [-0.3, -0.25) is 14.5 Å². The molecule has 2 heterocycles. The maximum Gasteiger partial charge on any atom is 0.307 e. The molecule has 2 aromatic rings. The van der Waals surface area contributed by atoms with Crippen LogP contribution in [0, 0.1) is 0 Å². The number of carbonyl (C=O) groups excluding carboxylic acids is 2. The molecule has 0 radical (unpaired) electrons. The normalized spacial score (nSPS) is 16.3. The van der Waals surface area contributed by atoms with Crippen molar-refractivity contribution in [2.45, 2.75) is 39.2 Å². The number of aromatic nitrogens is 1. The second kappa shape index (κ2) is 11.2. The zero-order valence-corrected chi connectivity index (χ0v) is 19.3. The molecule has 31 heavy (non-hydrogen) atoms. The number of carbonyl (C=O) groups is 2. The number of ether oxygens (including phenoxy) is 2. The number of methoxy groups -OCH3 is 1. The number of amides is 1. The number of rotatable bonds is 10. The Labute approximate surface area is 188 Å². The lowest BCUT2D eigenvalue weighted by Crippen LogP contribution is -2.44. The van der Waals surface area contributed by atoms with Crippen molar-refractivity contribution in [3.63, 3.8) is 0 Å². The number of nitrogens with zero attached hydrogens (tertiary/aromatic N) is 3. The number of esters is 1. The largest absolute Gasteiger partial charge is 0.497 e. The molecule has 8 heteroatoms. The molecule has 1 fully saturated rings. The monoisotopic (exact) mass is 445 g/mol. The van der Waals surface area contributed by atoms with Crippen molar-refractivity contribution in [3.05, 3.63) is 35.3 Å². The third-order valence-corrected chi connectivity index (χ3v) is 6.47. The van der Waals surface area contributed by atoms with Gasteiger partial charge in [-0.15, -0.1) is 11.3 Å². The van der Waals surface area contributed by atoms with E-state index in [1.54, 1.807) is 24.3 Å². The zero-order valence-electron chi connectivity index (χ0n) is 18.5. The molecule has 1 unspecified atom stereocenters. The highest BCUT2D eigenvalue weighted by Gasteiger charge is 2.29. The number of likely N-dealkylation sites (N-methyl/N-ethyl adjacent to an activating group) is 1. The van der Waals surface area contributed by atoms with E-state index >= 15 is 0 Å². The van der Waals surface area contributed by atoms with Crippen LogP contribution in [-0.4, -0.2) is 72.6 Å². The molecule has 0 bridgehead atoms. The lowest BCUT2D eigenvalue weighted by molar-refractivity contribution is -0.143. The lowest BCUT2D eigenvalue weighted by atomic mass is 10.2. The first-order valence-corrected chi connectivity index (χ1v) is 11.7. The standard InChI is InChI=1S/C23H31N3O4S/c1-4-25-13-6-7-18(25)15-26(14-12-21(27)30-5-2)23(28)20-16-31-22(24-20)17-8-10-19(29-3)11-9-17/h8-11,16,18H,4-7,12-15H2,1-3H3. The second-order valence-electron chi connectivity index (χ2n) is 7.50. The van der Waals surface area contributed by atoms with Crippen LogP contribution in [0.5, 0.6) is 5.75 Å². The Balaban J connectivity index is 1.74. The third kappa shape index (κ3) is 6.04. The molecule has 0 spiro atoms. The van der Waals surface area contributed by atoms with Crippen LogP contribution in [0.15, 0.2) is 29.6 Å². The maximum absolute atomic E-state index is 13.3. The topological polar surface area (TPSA) is 72.0 Å². The highest BCUT2D eigenvalue weighted by atomic mass is 32.1. The summed E-state index contributed by atoms with van der Waals surface area (Å²) >= 11 is 1.44. The maximum atomic E-state index is 13.3. The van der Waals surface area contributed by atoms with E-state index in [1.807, 2.05) is 24.3 Å². The van der Waals surface area contributed by atoms with Crippen LogP contribution in [-0.2, 0) is 9.53 Å². The van der Waals surface area contributed by atoms with E-state index in [0.717, 1.165) is 42.3 Å². The van der Waals surface area contributed by atoms with E-state index in [1.165, 1.54) is 11.3 Å². The number of likely N-dealkylation sites (tertiary alicyclic amines) is 1. The van der Waals surface area contributed by atoms with Gasteiger partial charge < -0.3 is 14.4 Å². The number of thiazole rings is 1. The highest BCUT2D eigenvalue weighted by Crippen LogP contribution is 2.27. The van der Waals surface area contributed by atoms with Gasteiger partial charge >= 0.3 is 5.97 Å². The third-order valence-electron chi connectivity index (χ3n) is 5.58. The molecule has 1 amide bonds. The van der Waals surface area contributed by atoms with E-state index in [-0.39, 0.29) is 18.3 Å². The van der Waals surface area contributed by atoms with Gasteiger partial charge in [0.25, 0.3) is 5.91 Å². The predicted octanol–water partition coefficient (Wildman–Crippen LogP) is 3.70. The molecule has 1 aliphatic heterocycles.